The quantitative estimate of drug-likeness (QED) is 0.442. The number of piperazine rings is 1. The number of nitrogen functional groups attached to an aromatic ring is 1. The van der Waals surface area contributed by atoms with Gasteiger partial charge in [0.2, 0.25) is 12.7 Å². The predicted octanol–water partition coefficient (Wildman–Crippen LogP) is 2.88. The van der Waals surface area contributed by atoms with E-state index in [2.05, 4.69) is 25.1 Å². The van der Waals surface area contributed by atoms with Crippen LogP contribution in [0.3, 0.4) is 0 Å². The van der Waals surface area contributed by atoms with Gasteiger partial charge in [0.1, 0.15) is 11.1 Å². The molecule has 2 aromatic heterocycles. The summed E-state index contributed by atoms with van der Waals surface area (Å²) in [5, 5.41) is 5.01. The second-order valence-electron chi connectivity index (χ2n) is 8.00. The molecule has 4 aromatic rings. The van der Waals surface area contributed by atoms with Gasteiger partial charge in [0.15, 0.2) is 28.0 Å². The molecule has 2 aliphatic rings. The van der Waals surface area contributed by atoms with Crippen LogP contribution in [0.4, 0.5) is 11.8 Å². The van der Waals surface area contributed by atoms with Gasteiger partial charge in [-0.2, -0.15) is 4.98 Å². The monoisotopic (exact) mass is 462 g/mol. The van der Waals surface area contributed by atoms with Crippen molar-refractivity contribution in [2.24, 2.45) is 0 Å². The van der Waals surface area contributed by atoms with Gasteiger partial charge in [-0.25, -0.2) is 4.98 Å². The summed E-state index contributed by atoms with van der Waals surface area (Å²) in [4.78, 5) is 13.3. The van der Waals surface area contributed by atoms with Crippen LogP contribution in [0.2, 0.25) is 0 Å². The Hall–Kier alpha value is -3.79. The first-order valence-corrected chi connectivity index (χ1v) is 11.2. The lowest BCUT2D eigenvalue weighted by molar-refractivity contribution is 0.174. The molecule has 0 spiro atoms. The van der Waals surface area contributed by atoms with Crippen LogP contribution in [0.1, 0.15) is 5.56 Å². The summed E-state index contributed by atoms with van der Waals surface area (Å²) in [7, 11) is 0. The van der Waals surface area contributed by atoms with Crippen molar-refractivity contribution >= 4 is 51.2 Å². The van der Waals surface area contributed by atoms with E-state index < -0.39 is 0 Å². The van der Waals surface area contributed by atoms with E-state index in [9.17, 15) is 0 Å². The van der Waals surface area contributed by atoms with Crippen LogP contribution in [0.5, 0.6) is 11.5 Å². The average molecular weight is 463 g/mol. The van der Waals surface area contributed by atoms with Gasteiger partial charge in [-0.1, -0.05) is 18.2 Å². The number of ether oxygens (including phenoxy) is 2. The second-order valence-corrected chi connectivity index (χ2v) is 8.39. The van der Waals surface area contributed by atoms with Crippen molar-refractivity contribution in [2.75, 3.05) is 43.6 Å². The number of nitrogens with one attached hydrogen (secondary N) is 1. The Balaban J connectivity index is 1.13. The highest BCUT2D eigenvalue weighted by Gasteiger charge is 2.24. The lowest BCUT2D eigenvalue weighted by Crippen LogP contribution is -2.51. The lowest BCUT2D eigenvalue weighted by atomic mass is 10.2. The fourth-order valence-corrected chi connectivity index (χ4v) is 4.52. The summed E-state index contributed by atoms with van der Waals surface area (Å²) in [5.41, 5.74) is 9.32. The van der Waals surface area contributed by atoms with Crippen molar-refractivity contribution < 1.29 is 13.9 Å². The molecule has 33 heavy (non-hydrogen) atoms. The summed E-state index contributed by atoms with van der Waals surface area (Å²) < 4.78 is 16.9. The van der Waals surface area contributed by atoms with Gasteiger partial charge in [0, 0.05) is 38.1 Å². The largest absolute Gasteiger partial charge is 0.454 e. The third-order valence-corrected chi connectivity index (χ3v) is 6.37. The number of rotatable bonds is 3. The van der Waals surface area contributed by atoms with Gasteiger partial charge >= 0.3 is 0 Å². The molecule has 1 saturated heterocycles. The molecule has 2 aromatic carbocycles. The van der Waals surface area contributed by atoms with Crippen molar-refractivity contribution in [3.63, 3.8) is 0 Å². The van der Waals surface area contributed by atoms with Crippen molar-refractivity contribution in [2.45, 2.75) is 6.54 Å². The minimum atomic E-state index is 0.243. The number of hydrogen-bond acceptors (Lipinski definition) is 8. The van der Waals surface area contributed by atoms with Gasteiger partial charge in [-0.3, -0.25) is 0 Å². The normalized spacial score (nSPS) is 15.4. The Labute approximate surface area is 195 Å². The molecule has 9 nitrogen and oxygen atoms in total. The smallest absolute Gasteiger partial charge is 0.231 e. The number of benzene rings is 2. The highest BCUT2D eigenvalue weighted by molar-refractivity contribution is 7.80. The van der Waals surface area contributed by atoms with E-state index >= 15 is 0 Å². The highest BCUT2D eigenvalue weighted by atomic mass is 32.1. The Bertz CT molecular complexity index is 1370. The van der Waals surface area contributed by atoms with Gasteiger partial charge in [-0.15, -0.1) is 0 Å². The Kier molecular flexibility index (Phi) is 4.79. The van der Waals surface area contributed by atoms with Crippen molar-refractivity contribution in [3.05, 3.63) is 48.0 Å². The highest BCUT2D eigenvalue weighted by Crippen LogP contribution is 2.34. The number of para-hydroxylation sites is 1. The molecule has 0 bridgehead atoms. The lowest BCUT2D eigenvalue weighted by Gasteiger charge is -2.36. The topological polar surface area (TPSA) is 102 Å². The Morgan fingerprint density at radius 1 is 1.03 bits per heavy atom. The number of furan rings is 1. The maximum absolute atomic E-state index is 6.09. The van der Waals surface area contributed by atoms with E-state index in [0.29, 0.717) is 12.1 Å². The summed E-state index contributed by atoms with van der Waals surface area (Å²) in [6.07, 6.45) is 0. The van der Waals surface area contributed by atoms with E-state index in [1.165, 1.54) is 0 Å². The van der Waals surface area contributed by atoms with Crippen molar-refractivity contribution in [1.82, 2.24) is 20.2 Å². The third kappa shape index (κ3) is 3.62. The average Bonchev–Trinajstić information content (AvgIpc) is 3.46. The zero-order valence-electron chi connectivity index (χ0n) is 17.8. The first-order valence-electron chi connectivity index (χ1n) is 10.8. The zero-order chi connectivity index (χ0) is 22.4. The molecule has 3 N–H and O–H groups in total. The third-order valence-electron chi connectivity index (χ3n) is 5.97. The van der Waals surface area contributed by atoms with Crippen LogP contribution in [-0.4, -0.2) is 53.0 Å². The molecule has 6 rings (SSSR count). The Morgan fingerprint density at radius 3 is 2.73 bits per heavy atom. The van der Waals surface area contributed by atoms with Crippen LogP contribution in [-0.2, 0) is 6.54 Å². The standard InChI is InChI=1S/C23H22N6O3S/c24-22-26-19-15-3-1-2-4-16(15)32-20(19)21(27-22)28-7-9-29(10-8-28)23(33)25-12-14-5-6-17-18(11-14)31-13-30-17/h1-6,11H,7-10,12-13H2,(H,25,33)(H2,24,26,27). The van der Waals surface area contributed by atoms with Crippen LogP contribution >= 0.6 is 12.2 Å². The minimum Gasteiger partial charge on any atom is -0.454 e. The van der Waals surface area contributed by atoms with Gasteiger partial charge in [0.05, 0.1) is 0 Å². The van der Waals surface area contributed by atoms with E-state index in [4.69, 9.17) is 31.8 Å². The number of fused-ring (bicyclic) bond motifs is 4. The summed E-state index contributed by atoms with van der Waals surface area (Å²) in [6.45, 7) is 3.91. The van der Waals surface area contributed by atoms with Crippen LogP contribution < -0.4 is 25.4 Å². The number of nitrogens with two attached hydrogens (primary N) is 1. The van der Waals surface area contributed by atoms with E-state index in [1.807, 2.05) is 42.5 Å². The first-order chi connectivity index (χ1) is 16.2. The molecule has 168 valence electrons. The predicted molar refractivity (Wildman–Crippen MR) is 130 cm³/mol. The van der Waals surface area contributed by atoms with Crippen LogP contribution in [0, 0.1) is 0 Å². The number of aromatic nitrogens is 2. The molecule has 2 aliphatic heterocycles. The summed E-state index contributed by atoms with van der Waals surface area (Å²) >= 11 is 5.65. The maximum atomic E-state index is 6.09. The van der Waals surface area contributed by atoms with Crippen LogP contribution in [0.25, 0.3) is 22.1 Å². The fraction of sp³-hybridized carbons (Fsp3) is 0.261. The summed E-state index contributed by atoms with van der Waals surface area (Å²) in [5.74, 6) is 2.52. The molecule has 0 aliphatic carbocycles. The molecular formula is C23H22N6O3S. The number of thiocarbonyl (C=S) groups is 1. The minimum absolute atomic E-state index is 0.243. The van der Waals surface area contributed by atoms with Gasteiger partial charge in [-0.05, 0) is 42.0 Å². The van der Waals surface area contributed by atoms with Gasteiger partial charge < -0.3 is 34.7 Å². The SMILES string of the molecule is Nc1nc(N2CCN(C(=S)NCc3ccc4c(c3)OCO4)CC2)c2oc3ccccc3c2n1. The van der Waals surface area contributed by atoms with E-state index in [0.717, 1.165) is 70.7 Å². The van der Waals surface area contributed by atoms with E-state index in [1.54, 1.807) is 0 Å². The van der Waals surface area contributed by atoms with Crippen molar-refractivity contribution in [3.8, 4) is 11.5 Å². The number of hydrogen-bond donors (Lipinski definition) is 2. The fourth-order valence-electron chi connectivity index (χ4n) is 4.27. The van der Waals surface area contributed by atoms with Gasteiger partial charge in [0.25, 0.3) is 0 Å². The molecular weight excluding hydrogens is 440 g/mol. The van der Waals surface area contributed by atoms with E-state index in [-0.39, 0.29) is 12.7 Å². The maximum Gasteiger partial charge on any atom is 0.231 e. The van der Waals surface area contributed by atoms with Crippen molar-refractivity contribution in [1.29, 1.82) is 0 Å². The molecule has 0 atom stereocenters. The summed E-state index contributed by atoms with van der Waals surface area (Å²) in [6, 6.07) is 13.7. The molecule has 4 heterocycles. The molecule has 0 saturated carbocycles. The second kappa shape index (κ2) is 7.96. The number of anilines is 2. The molecule has 1 fully saturated rings. The Morgan fingerprint density at radius 2 is 1.85 bits per heavy atom. The number of nitrogens with zero attached hydrogens (tertiary/aromatic N) is 4. The molecule has 0 radical (unpaired) electrons. The molecule has 0 amide bonds. The molecule has 10 heteroatoms. The molecule has 0 unspecified atom stereocenters. The van der Waals surface area contributed by atoms with Crippen LogP contribution in [0.15, 0.2) is 46.9 Å². The zero-order valence-corrected chi connectivity index (χ0v) is 18.6. The first kappa shape index (κ1) is 19.9.